The van der Waals surface area contributed by atoms with E-state index >= 15 is 0 Å². The van der Waals surface area contributed by atoms with Crippen LogP contribution in [0.3, 0.4) is 0 Å². The summed E-state index contributed by atoms with van der Waals surface area (Å²) in [4.78, 5) is 36.1. The summed E-state index contributed by atoms with van der Waals surface area (Å²) < 4.78 is 13.3. The quantitative estimate of drug-likeness (QED) is 0.436. The molecule has 2 unspecified atom stereocenters. The number of benzene rings is 1. The number of hydrogen-bond acceptors (Lipinski definition) is 4. The number of aryl methyl sites for hydroxylation is 2. The Morgan fingerprint density at radius 3 is 2.47 bits per heavy atom. The molecule has 1 aliphatic heterocycles. The van der Waals surface area contributed by atoms with Gasteiger partial charge < -0.3 is 25.8 Å². The molecule has 0 fully saturated rings. The molecular weight excluding hydrogens is 417 g/mol. The number of carbonyl (C=O) groups is 3. The molecule has 0 radical (unpaired) electrons. The number of nitrogens with one attached hydrogen (secondary N) is 3. The molecule has 3 rings (SSSR count). The third-order valence-electron chi connectivity index (χ3n) is 5.02. The second kappa shape index (κ2) is 10.7. The predicted molar refractivity (Wildman–Crippen MR) is 119 cm³/mol. The van der Waals surface area contributed by atoms with Crippen LogP contribution in [0, 0.1) is 25.6 Å². The van der Waals surface area contributed by atoms with Crippen LogP contribution in [-0.2, 0) is 14.4 Å². The highest BCUT2D eigenvalue weighted by Crippen LogP contribution is 2.33. The van der Waals surface area contributed by atoms with E-state index in [-0.39, 0.29) is 24.2 Å². The van der Waals surface area contributed by atoms with Gasteiger partial charge in [-0.1, -0.05) is 6.92 Å². The van der Waals surface area contributed by atoms with Gasteiger partial charge in [-0.3, -0.25) is 14.4 Å². The minimum Gasteiger partial charge on any atom is -0.481 e. The summed E-state index contributed by atoms with van der Waals surface area (Å²) in [6.07, 6.45) is 1.09. The number of aromatic nitrogens is 1. The van der Waals surface area contributed by atoms with Crippen molar-refractivity contribution in [2.45, 2.75) is 40.2 Å². The number of aliphatic hydroxyl groups is 1. The minimum atomic E-state index is -1.04. The number of H-pyrrole nitrogens is 1. The highest BCUT2D eigenvalue weighted by Gasteiger charge is 2.25. The van der Waals surface area contributed by atoms with E-state index in [1.54, 1.807) is 19.1 Å². The third kappa shape index (κ3) is 6.27. The van der Waals surface area contributed by atoms with Crippen molar-refractivity contribution in [3.63, 3.8) is 0 Å². The molecule has 9 heteroatoms. The van der Waals surface area contributed by atoms with Gasteiger partial charge in [0.05, 0.1) is 17.6 Å². The van der Waals surface area contributed by atoms with E-state index in [1.165, 1.54) is 19.1 Å². The monoisotopic (exact) mass is 445 g/mol. The summed E-state index contributed by atoms with van der Waals surface area (Å²) in [5, 5.41) is 23.1. The Balaban J connectivity index is 0.000000247. The number of anilines is 1. The van der Waals surface area contributed by atoms with Crippen LogP contribution < -0.4 is 10.6 Å². The van der Waals surface area contributed by atoms with Crippen molar-refractivity contribution in [1.29, 1.82) is 0 Å². The topological polar surface area (TPSA) is 132 Å². The maximum absolute atomic E-state index is 13.3. The zero-order valence-corrected chi connectivity index (χ0v) is 18.5. The Bertz CT molecular complexity index is 1040. The molecule has 0 saturated heterocycles. The molecule has 8 nitrogen and oxygen atoms in total. The van der Waals surface area contributed by atoms with Gasteiger partial charge in [-0.2, -0.15) is 0 Å². The molecule has 2 atom stereocenters. The fraction of sp³-hybridized carbons (Fsp3) is 0.348. The largest absolute Gasteiger partial charge is 0.481 e. The molecule has 0 spiro atoms. The Kier molecular flexibility index (Phi) is 8.31. The SMILES string of the molecule is CCC(C(=O)O)C(O)CNC(C)=O.Cc1cc(C)c(/C=C2\C(=O)Nc3ccc(F)cc32)[nH]1. The van der Waals surface area contributed by atoms with Crippen LogP contribution in [0.25, 0.3) is 11.6 Å². The average molecular weight is 445 g/mol. The first-order chi connectivity index (χ1) is 15.0. The molecule has 2 aromatic rings. The van der Waals surface area contributed by atoms with Gasteiger partial charge >= 0.3 is 5.97 Å². The Morgan fingerprint density at radius 1 is 1.25 bits per heavy atom. The standard InChI is InChI=1S/C15H13FN2O.C8H15NO4/c1-8-5-9(2)17-14(8)7-12-11-6-10(16)3-4-13(11)18-15(12)19;1-3-6(8(12)13)7(11)4-9-5(2)10/h3-7,17H,1-2H3,(H,18,19);6-7,11H,3-4H2,1-2H3,(H,9,10)(H,12,13)/b12-7-;. The van der Waals surface area contributed by atoms with Crippen molar-refractivity contribution in [2.75, 3.05) is 11.9 Å². The van der Waals surface area contributed by atoms with E-state index < -0.39 is 18.0 Å². The van der Waals surface area contributed by atoms with Gasteiger partial charge in [-0.15, -0.1) is 0 Å². The van der Waals surface area contributed by atoms with E-state index in [0.717, 1.165) is 17.0 Å². The van der Waals surface area contributed by atoms with E-state index in [0.29, 0.717) is 23.2 Å². The summed E-state index contributed by atoms with van der Waals surface area (Å²) in [6.45, 7) is 6.90. The number of carboxylic acids is 1. The van der Waals surface area contributed by atoms with Gasteiger partial charge in [0, 0.05) is 36.1 Å². The smallest absolute Gasteiger partial charge is 0.309 e. The Labute approximate surface area is 185 Å². The molecule has 1 aliphatic rings. The molecule has 1 aromatic carbocycles. The van der Waals surface area contributed by atoms with Crippen LogP contribution in [-0.4, -0.2) is 45.6 Å². The first-order valence-corrected chi connectivity index (χ1v) is 10.2. The van der Waals surface area contributed by atoms with E-state index in [2.05, 4.69) is 15.6 Å². The highest BCUT2D eigenvalue weighted by molar-refractivity contribution is 6.34. The number of carbonyl (C=O) groups excluding carboxylic acids is 2. The van der Waals surface area contributed by atoms with Crippen molar-refractivity contribution >= 4 is 35.1 Å². The number of amides is 2. The van der Waals surface area contributed by atoms with Gasteiger partial charge in [-0.25, -0.2) is 4.39 Å². The summed E-state index contributed by atoms with van der Waals surface area (Å²) >= 11 is 0. The molecule has 32 heavy (non-hydrogen) atoms. The number of aliphatic carboxylic acids is 1. The molecule has 1 aromatic heterocycles. The van der Waals surface area contributed by atoms with Gasteiger partial charge in [0.1, 0.15) is 5.82 Å². The third-order valence-corrected chi connectivity index (χ3v) is 5.02. The number of hydrogen-bond donors (Lipinski definition) is 5. The van der Waals surface area contributed by atoms with Crippen LogP contribution >= 0.6 is 0 Å². The highest BCUT2D eigenvalue weighted by atomic mass is 19.1. The zero-order valence-electron chi connectivity index (χ0n) is 18.5. The molecule has 0 bridgehead atoms. The van der Waals surface area contributed by atoms with Crippen molar-refractivity contribution in [2.24, 2.45) is 5.92 Å². The fourth-order valence-corrected chi connectivity index (χ4v) is 3.35. The summed E-state index contributed by atoms with van der Waals surface area (Å²) in [6, 6.07) is 6.30. The van der Waals surface area contributed by atoms with Gasteiger partial charge in [0.15, 0.2) is 0 Å². The molecule has 2 heterocycles. The lowest BCUT2D eigenvalue weighted by Crippen LogP contribution is -2.38. The number of fused-ring (bicyclic) bond motifs is 1. The van der Waals surface area contributed by atoms with E-state index in [1.807, 2.05) is 19.9 Å². The van der Waals surface area contributed by atoms with E-state index in [4.69, 9.17) is 5.11 Å². The molecule has 5 N–H and O–H groups in total. The van der Waals surface area contributed by atoms with Crippen LogP contribution in [0.1, 0.15) is 42.8 Å². The van der Waals surface area contributed by atoms with Gasteiger partial charge in [0.2, 0.25) is 5.91 Å². The number of aliphatic hydroxyl groups excluding tert-OH is 1. The van der Waals surface area contributed by atoms with Crippen LogP contribution in [0.15, 0.2) is 24.3 Å². The zero-order chi connectivity index (χ0) is 24.0. The van der Waals surface area contributed by atoms with Gasteiger partial charge in [-0.05, 0) is 56.2 Å². The minimum absolute atomic E-state index is 0.0137. The first kappa shape index (κ1) is 24.8. The maximum Gasteiger partial charge on any atom is 0.309 e. The van der Waals surface area contributed by atoms with E-state index in [9.17, 15) is 23.9 Å². The van der Waals surface area contributed by atoms with Crippen molar-refractivity contribution in [3.05, 3.63) is 52.6 Å². The lowest BCUT2D eigenvalue weighted by Gasteiger charge is -2.17. The second-order valence-corrected chi connectivity index (χ2v) is 7.61. The Hall–Kier alpha value is -3.46. The van der Waals surface area contributed by atoms with Crippen molar-refractivity contribution in [3.8, 4) is 0 Å². The summed E-state index contributed by atoms with van der Waals surface area (Å²) in [7, 11) is 0. The number of aromatic amines is 1. The first-order valence-electron chi connectivity index (χ1n) is 10.2. The maximum atomic E-state index is 13.3. The second-order valence-electron chi connectivity index (χ2n) is 7.61. The Morgan fingerprint density at radius 2 is 1.94 bits per heavy atom. The molecule has 0 saturated carbocycles. The fourth-order valence-electron chi connectivity index (χ4n) is 3.35. The molecule has 2 amide bonds. The number of halogens is 1. The molecule has 172 valence electrons. The average Bonchev–Trinajstić information content (AvgIpc) is 3.19. The summed E-state index contributed by atoms with van der Waals surface area (Å²) in [5.41, 5.74) is 4.71. The van der Waals surface area contributed by atoms with Crippen LogP contribution in [0.4, 0.5) is 10.1 Å². The lowest BCUT2D eigenvalue weighted by atomic mass is 10.00. The van der Waals surface area contributed by atoms with Crippen molar-refractivity contribution in [1.82, 2.24) is 10.3 Å². The lowest BCUT2D eigenvalue weighted by molar-refractivity contribution is -0.146. The number of carboxylic acid groups (broad SMARTS) is 1. The van der Waals surface area contributed by atoms with Crippen LogP contribution in [0.5, 0.6) is 0 Å². The van der Waals surface area contributed by atoms with Gasteiger partial charge in [0.25, 0.3) is 5.91 Å². The van der Waals surface area contributed by atoms with Crippen LogP contribution in [0.2, 0.25) is 0 Å². The number of rotatable bonds is 6. The normalized spacial score (nSPS) is 15.3. The summed E-state index contributed by atoms with van der Waals surface area (Å²) in [5.74, 6) is -2.68. The molecule has 0 aliphatic carbocycles. The predicted octanol–water partition coefficient (Wildman–Crippen LogP) is 2.86. The van der Waals surface area contributed by atoms with Crippen molar-refractivity contribution < 1.29 is 29.0 Å². The molecular formula is C23H28FN3O5.